The van der Waals surface area contributed by atoms with Crippen molar-refractivity contribution in [2.45, 2.75) is 76.9 Å². The summed E-state index contributed by atoms with van der Waals surface area (Å²) < 4.78 is 0.266. The Balaban J connectivity index is 1.68. The van der Waals surface area contributed by atoms with Crippen LogP contribution in [0, 0.1) is 35.0 Å². The largest absolute Gasteiger partial charge is 0.168 e. The zero-order chi connectivity index (χ0) is 14.8. The summed E-state index contributed by atoms with van der Waals surface area (Å²) >= 11 is 5.35. The zero-order valence-corrected chi connectivity index (χ0v) is 15.0. The van der Waals surface area contributed by atoms with Crippen LogP contribution >= 0.6 is 12.6 Å². The zero-order valence-electron chi connectivity index (χ0n) is 14.1. The molecule has 0 amide bonds. The summed E-state index contributed by atoms with van der Waals surface area (Å²) in [6, 6.07) is 0. The predicted molar refractivity (Wildman–Crippen MR) is 93.6 cm³/mol. The molecule has 0 radical (unpaired) electrons. The molecule has 0 aromatic carbocycles. The number of allylic oxidation sites excluding steroid dienone is 1. The molecular weight excluding hydrogens is 272 g/mol. The second-order valence-electron chi connectivity index (χ2n) is 9.14. The molecule has 4 aliphatic rings. The number of hydrogen-bond donors (Lipinski definition) is 1. The first kappa shape index (κ1) is 14.7. The van der Waals surface area contributed by atoms with Crippen LogP contribution in [0.5, 0.6) is 0 Å². The SMILES string of the molecule is CC1CC[C@@]2(S)C(=CCC3C2CC[C@@]2(C)C3CC[C@@H]2C)C1. The van der Waals surface area contributed by atoms with E-state index in [1.54, 1.807) is 5.57 Å². The van der Waals surface area contributed by atoms with Crippen molar-refractivity contribution in [3.05, 3.63) is 11.6 Å². The normalized spacial score (nSPS) is 56.2. The van der Waals surface area contributed by atoms with Crippen LogP contribution in [0.4, 0.5) is 0 Å². The molecule has 4 unspecified atom stereocenters. The highest BCUT2D eigenvalue weighted by molar-refractivity contribution is 7.82. The van der Waals surface area contributed by atoms with Gasteiger partial charge < -0.3 is 0 Å². The highest BCUT2D eigenvalue weighted by Gasteiger charge is 2.57. The standard InChI is InChI=1S/C20H32S/c1-13-8-11-20(21)15(12-13)5-6-16-17-7-4-14(2)19(17,3)10-9-18(16)20/h5,13-14,16-18,21H,4,6-12H2,1-3H3/t13?,14-,16?,17?,18?,19+,20+/m0/s1. The van der Waals surface area contributed by atoms with E-state index in [1.165, 1.54) is 51.4 Å². The molecule has 1 heteroatoms. The van der Waals surface area contributed by atoms with Crippen LogP contribution in [-0.4, -0.2) is 4.75 Å². The van der Waals surface area contributed by atoms with Gasteiger partial charge in [-0.05, 0) is 86.4 Å². The van der Waals surface area contributed by atoms with Crippen molar-refractivity contribution in [3.63, 3.8) is 0 Å². The second-order valence-corrected chi connectivity index (χ2v) is 9.94. The molecule has 3 saturated carbocycles. The summed E-state index contributed by atoms with van der Waals surface area (Å²) in [6.45, 7) is 7.55. The van der Waals surface area contributed by atoms with Gasteiger partial charge in [-0.1, -0.05) is 32.4 Å². The molecule has 0 bridgehead atoms. The third-order valence-electron chi connectivity index (χ3n) is 8.30. The van der Waals surface area contributed by atoms with E-state index in [-0.39, 0.29) is 4.75 Å². The number of rotatable bonds is 0. The minimum Gasteiger partial charge on any atom is -0.168 e. The Morgan fingerprint density at radius 1 is 1.05 bits per heavy atom. The molecule has 0 aliphatic heterocycles. The molecular formula is C20H32S. The van der Waals surface area contributed by atoms with Gasteiger partial charge >= 0.3 is 0 Å². The maximum Gasteiger partial charge on any atom is 0.0369 e. The molecule has 3 fully saturated rings. The van der Waals surface area contributed by atoms with E-state index >= 15 is 0 Å². The van der Waals surface area contributed by atoms with E-state index in [0.717, 1.165) is 29.6 Å². The third-order valence-corrected chi connectivity index (χ3v) is 9.15. The molecule has 0 N–H and O–H groups in total. The lowest BCUT2D eigenvalue weighted by molar-refractivity contribution is -0.00179. The molecule has 0 nitrogen and oxygen atoms in total. The minimum atomic E-state index is 0.266. The number of fused-ring (bicyclic) bond motifs is 5. The van der Waals surface area contributed by atoms with Crippen molar-refractivity contribution in [2.75, 3.05) is 0 Å². The second kappa shape index (κ2) is 4.79. The lowest BCUT2D eigenvalue weighted by atomic mass is 9.51. The van der Waals surface area contributed by atoms with E-state index in [4.69, 9.17) is 12.6 Å². The fraction of sp³-hybridized carbons (Fsp3) is 0.900. The monoisotopic (exact) mass is 304 g/mol. The number of hydrogen-bond acceptors (Lipinski definition) is 1. The van der Waals surface area contributed by atoms with Crippen LogP contribution in [0.3, 0.4) is 0 Å². The van der Waals surface area contributed by atoms with Gasteiger partial charge in [-0.2, -0.15) is 12.6 Å². The van der Waals surface area contributed by atoms with Crippen molar-refractivity contribution in [1.82, 2.24) is 0 Å². The summed E-state index contributed by atoms with van der Waals surface area (Å²) in [7, 11) is 0. The smallest absolute Gasteiger partial charge is 0.0369 e. The first-order chi connectivity index (χ1) is 9.95. The van der Waals surface area contributed by atoms with E-state index in [9.17, 15) is 0 Å². The first-order valence-corrected chi connectivity index (χ1v) is 9.82. The fourth-order valence-electron chi connectivity index (χ4n) is 6.72. The Bertz CT molecular complexity index is 466. The quantitative estimate of drug-likeness (QED) is 0.419. The van der Waals surface area contributed by atoms with Gasteiger partial charge in [-0.15, -0.1) is 0 Å². The van der Waals surface area contributed by atoms with E-state index < -0.39 is 0 Å². The van der Waals surface area contributed by atoms with E-state index in [1.807, 2.05) is 0 Å². The summed E-state index contributed by atoms with van der Waals surface area (Å²) in [5.74, 6) is 4.61. The van der Waals surface area contributed by atoms with Gasteiger partial charge in [0.1, 0.15) is 0 Å². The van der Waals surface area contributed by atoms with Crippen molar-refractivity contribution in [2.24, 2.45) is 35.0 Å². The maximum atomic E-state index is 5.35. The topological polar surface area (TPSA) is 0 Å². The molecule has 0 aromatic heterocycles. The third kappa shape index (κ3) is 1.95. The Hall–Kier alpha value is 0.0900. The lowest BCUT2D eigenvalue weighted by Gasteiger charge is -2.57. The highest BCUT2D eigenvalue weighted by atomic mass is 32.1. The van der Waals surface area contributed by atoms with Crippen molar-refractivity contribution in [1.29, 1.82) is 0 Å². The molecule has 4 aliphatic carbocycles. The van der Waals surface area contributed by atoms with E-state index in [0.29, 0.717) is 5.41 Å². The average Bonchev–Trinajstić information content (AvgIpc) is 2.76. The Morgan fingerprint density at radius 2 is 1.86 bits per heavy atom. The summed E-state index contributed by atoms with van der Waals surface area (Å²) in [6.07, 6.45) is 13.9. The molecule has 0 aromatic rings. The fourth-order valence-corrected chi connectivity index (χ4v) is 7.35. The van der Waals surface area contributed by atoms with E-state index in [2.05, 4.69) is 26.8 Å². The highest BCUT2D eigenvalue weighted by Crippen LogP contribution is 2.65. The van der Waals surface area contributed by atoms with Gasteiger partial charge in [0.2, 0.25) is 0 Å². The van der Waals surface area contributed by atoms with Gasteiger partial charge in [0.15, 0.2) is 0 Å². The Labute approximate surface area is 136 Å². The van der Waals surface area contributed by atoms with Crippen LogP contribution in [0.25, 0.3) is 0 Å². The Kier molecular flexibility index (Phi) is 3.35. The van der Waals surface area contributed by atoms with Gasteiger partial charge in [0.05, 0.1) is 0 Å². The maximum absolute atomic E-state index is 5.35. The van der Waals surface area contributed by atoms with Gasteiger partial charge in [0, 0.05) is 4.75 Å². The first-order valence-electron chi connectivity index (χ1n) is 9.37. The van der Waals surface area contributed by atoms with Crippen molar-refractivity contribution in [3.8, 4) is 0 Å². The van der Waals surface area contributed by atoms with Crippen molar-refractivity contribution >= 4 is 12.6 Å². The molecule has 7 atom stereocenters. The summed E-state index contributed by atoms with van der Waals surface area (Å²) in [4.78, 5) is 0. The molecule has 0 spiro atoms. The minimum absolute atomic E-state index is 0.266. The van der Waals surface area contributed by atoms with Crippen LogP contribution in [-0.2, 0) is 0 Å². The average molecular weight is 305 g/mol. The molecule has 21 heavy (non-hydrogen) atoms. The van der Waals surface area contributed by atoms with Crippen LogP contribution in [0.1, 0.15) is 72.1 Å². The van der Waals surface area contributed by atoms with Gasteiger partial charge in [-0.3, -0.25) is 0 Å². The predicted octanol–water partition coefficient (Wildman–Crippen LogP) is 5.88. The van der Waals surface area contributed by atoms with Crippen molar-refractivity contribution < 1.29 is 0 Å². The summed E-state index contributed by atoms with van der Waals surface area (Å²) in [5.41, 5.74) is 2.36. The van der Waals surface area contributed by atoms with Crippen LogP contribution < -0.4 is 0 Å². The molecule has 4 rings (SSSR count). The lowest BCUT2D eigenvalue weighted by Crippen LogP contribution is -2.52. The number of thiol groups is 1. The summed E-state index contributed by atoms with van der Waals surface area (Å²) in [5, 5.41) is 0. The van der Waals surface area contributed by atoms with Crippen LogP contribution in [0.15, 0.2) is 11.6 Å². The molecule has 118 valence electrons. The van der Waals surface area contributed by atoms with Gasteiger partial charge in [-0.25, -0.2) is 0 Å². The molecule has 0 heterocycles. The van der Waals surface area contributed by atoms with Gasteiger partial charge in [0.25, 0.3) is 0 Å². The molecule has 0 saturated heterocycles. The Morgan fingerprint density at radius 3 is 2.67 bits per heavy atom. The van der Waals surface area contributed by atoms with Crippen LogP contribution in [0.2, 0.25) is 0 Å².